The maximum absolute atomic E-state index is 13.9. The van der Waals surface area contributed by atoms with Crippen LogP contribution in [-0.4, -0.2) is 64.2 Å². The Morgan fingerprint density at radius 1 is 1.21 bits per heavy atom. The van der Waals surface area contributed by atoms with Gasteiger partial charge in [-0.1, -0.05) is 19.1 Å². The summed E-state index contributed by atoms with van der Waals surface area (Å²) in [6, 6.07) is 11.7. The molecule has 3 atom stereocenters. The van der Waals surface area contributed by atoms with Gasteiger partial charge >= 0.3 is 5.69 Å². The van der Waals surface area contributed by atoms with Crippen LogP contribution in [0.25, 0.3) is 11.0 Å². The maximum atomic E-state index is 13.9. The Kier molecular flexibility index (Phi) is 7.62. The van der Waals surface area contributed by atoms with Crippen LogP contribution in [0.1, 0.15) is 50.4 Å². The Labute approximate surface area is 227 Å². The molecule has 9 nitrogen and oxygen atoms in total. The first-order valence-corrected chi connectivity index (χ1v) is 13.5. The van der Waals surface area contributed by atoms with Gasteiger partial charge < -0.3 is 9.64 Å². The molecule has 2 unspecified atom stereocenters. The highest BCUT2D eigenvalue weighted by Gasteiger charge is 2.39. The second kappa shape index (κ2) is 11.1. The van der Waals surface area contributed by atoms with Crippen LogP contribution in [-0.2, 0) is 11.8 Å². The summed E-state index contributed by atoms with van der Waals surface area (Å²) < 4.78 is 21.2. The van der Waals surface area contributed by atoms with Gasteiger partial charge in [0, 0.05) is 38.8 Å². The highest BCUT2D eigenvalue weighted by Crippen LogP contribution is 2.35. The van der Waals surface area contributed by atoms with E-state index in [1.165, 1.54) is 29.5 Å². The molecule has 2 aromatic heterocycles. The predicted molar refractivity (Wildman–Crippen MR) is 148 cm³/mol. The lowest BCUT2D eigenvalue weighted by Gasteiger charge is -2.48. The van der Waals surface area contributed by atoms with Gasteiger partial charge in [-0.25, -0.2) is 14.2 Å². The molecule has 1 aliphatic heterocycles. The van der Waals surface area contributed by atoms with Gasteiger partial charge in [0.2, 0.25) is 5.90 Å². The number of methoxy groups -OCH3 is 1. The molecule has 1 saturated carbocycles. The zero-order valence-electron chi connectivity index (χ0n) is 22.8. The number of pyridine rings is 1. The number of hydrogen-bond donors (Lipinski definition) is 0. The number of rotatable bonds is 7. The first-order chi connectivity index (χ1) is 18.8. The minimum Gasteiger partial charge on any atom is -0.483 e. The third-order valence-electron chi connectivity index (χ3n) is 7.84. The van der Waals surface area contributed by atoms with Crippen molar-refractivity contribution in [2.24, 2.45) is 18.0 Å². The molecule has 3 aromatic rings. The summed E-state index contributed by atoms with van der Waals surface area (Å²) in [4.78, 5) is 31.1. The van der Waals surface area contributed by atoms with Gasteiger partial charge in [-0.2, -0.15) is 10.2 Å². The third kappa shape index (κ3) is 5.36. The summed E-state index contributed by atoms with van der Waals surface area (Å²) >= 11 is 0. The Morgan fingerprint density at radius 3 is 2.59 bits per heavy atom. The van der Waals surface area contributed by atoms with Crippen molar-refractivity contribution in [2.75, 3.05) is 31.6 Å². The van der Waals surface area contributed by atoms with Crippen molar-refractivity contribution in [1.82, 2.24) is 19.4 Å². The minimum atomic E-state index is -0.371. The topological polar surface area (TPSA) is 99.6 Å². The number of anilines is 1. The number of hydrogen-bond acceptors (Lipinski definition) is 8. The lowest BCUT2D eigenvalue weighted by Crippen LogP contribution is -2.59. The molecular weight excluding hydrogens is 497 g/mol. The Bertz CT molecular complexity index is 1480. The molecule has 5 rings (SSSR count). The number of benzene rings is 1. The van der Waals surface area contributed by atoms with E-state index in [0.29, 0.717) is 41.8 Å². The summed E-state index contributed by atoms with van der Waals surface area (Å²) in [5.74, 6) is 1.44. The maximum Gasteiger partial charge on any atom is 0.349 e. The van der Waals surface area contributed by atoms with E-state index in [0.717, 1.165) is 18.5 Å². The van der Waals surface area contributed by atoms with Crippen molar-refractivity contribution in [2.45, 2.75) is 51.2 Å². The number of aromatic nitrogens is 3. The number of fused-ring (bicyclic) bond motifs is 1. The van der Waals surface area contributed by atoms with E-state index in [4.69, 9.17) is 9.73 Å². The van der Waals surface area contributed by atoms with Crippen molar-refractivity contribution in [3.8, 4) is 6.07 Å². The third-order valence-corrected chi connectivity index (χ3v) is 7.84. The summed E-state index contributed by atoms with van der Waals surface area (Å²) in [5, 5.41) is 9.46. The van der Waals surface area contributed by atoms with Crippen LogP contribution >= 0.6 is 0 Å². The fourth-order valence-corrected chi connectivity index (χ4v) is 5.41. The van der Waals surface area contributed by atoms with Gasteiger partial charge in [0.15, 0.2) is 5.82 Å². The number of halogens is 1. The SMILES string of the molecule is CC[C@@H]1CN(c2nc(=O)n(C)c3ccc(C#N)nc23)C(C)CN1C(C(=NCC1CC1)OC)c1ccc(F)cc1. The lowest BCUT2D eigenvalue weighted by atomic mass is 9.97. The standard InChI is InChI=1S/C29H34FN7O2/c1-5-23-17-36(27-25-24(35(3)29(38)34-27)13-12-22(14-31)33-25)18(2)16-37(23)26(20-8-10-21(30)11-9-20)28(39-4)32-15-19-6-7-19/h8-13,18-19,23,26H,5-7,15-17H2,1-4H3/t18?,23-,26?/m1/s1. The van der Waals surface area contributed by atoms with Crippen molar-refractivity contribution in [3.63, 3.8) is 0 Å². The van der Waals surface area contributed by atoms with Gasteiger partial charge in [0.25, 0.3) is 0 Å². The molecule has 1 aromatic carbocycles. The number of nitrogens with zero attached hydrogens (tertiary/aromatic N) is 7. The molecule has 2 fully saturated rings. The van der Waals surface area contributed by atoms with Crippen molar-refractivity contribution < 1.29 is 9.13 Å². The zero-order chi connectivity index (χ0) is 27.7. The molecule has 0 N–H and O–H groups in total. The first kappa shape index (κ1) is 26.8. The smallest absolute Gasteiger partial charge is 0.349 e. The van der Waals surface area contributed by atoms with E-state index < -0.39 is 0 Å². The lowest BCUT2D eigenvalue weighted by molar-refractivity contribution is 0.115. The largest absolute Gasteiger partial charge is 0.483 e. The minimum absolute atomic E-state index is 0.0485. The van der Waals surface area contributed by atoms with Crippen LogP contribution in [0.3, 0.4) is 0 Å². The quantitative estimate of drug-likeness (QED) is 0.338. The van der Waals surface area contributed by atoms with E-state index in [1.807, 2.05) is 0 Å². The van der Waals surface area contributed by atoms with E-state index in [2.05, 4.69) is 39.7 Å². The summed E-state index contributed by atoms with van der Waals surface area (Å²) in [5.41, 5.74) is 1.99. The van der Waals surface area contributed by atoms with Gasteiger partial charge in [0.1, 0.15) is 29.1 Å². The fourth-order valence-electron chi connectivity index (χ4n) is 5.41. The number of nitriles is 1. The van der Waals surface area contributed by atoms with E-state index >= 15 is 0 Å². The fraction of sp³-hybridized carbons (Fsp3) is 0.483. The van der Waals surface area contributed by atoms with E-state index in [9.17, 15) is 14.4 Å². The number of ether oxygens (including phenoxy) is 1. The van der Waals surface area contributed by atoms with E-state index in [-0.39, 0.29) is 35.3 Å². The highest BCUT2D eigenvalue weighted by molar-refractivity contribution is 5.87. The molecule has 1 aliphatic carbocycles. The van der Waals surface area contributed by atoms with Crippen LogP contribution in [0.15, 0.2) is 46.2 Å². The zero-order valence-corrected chi connectivity index (χ0v) is 22.8. The van der Waals surface area contributed by atoms with Gasteiger partial charge in [-0.15, -0.1) is 0 Å². The second-order valence-corrected chi connectivity index (χ2v) is 10.5. The number of aliphatic imine (C=N–C) groups is 1. The summed E-state index contributed by atoms with van der Waals surface area (Å²) in [7, 11) is 3.31. The molecule has 10 heteroatoms. The van der Waals surface area contributed by atoms with E-state index in [1.54, 1.807) is 38.4 Å². The number of aryl methyl sites for hydroxylation is 1. The average molecular weight is 532 g/mol. The molecule has 0 radical (unpaired) electrons. The molecule has 3 heterocycles. The molecule has 0 spiro atoms. The first-order valence-electron chi connectivity index (χ1n) is 13.5. The highest BCUT2D eigenvalue weighted by atomic mass is 19.1. The van der Waals surface area contributed by atoms with Crippen LogP contribution < -0.4 is 10.6 Å². The van der Waals surface area contributed by atoms with Crippen LogP contribution in [0.4, 0.5) is 10.2 Å². The van der Waals surface area contributed by atoms with Crippen LogP contribution in [0, 0.1) is 23.1 Å². The molecule has 0 bridgehead atoms. The molecule has 39 heavy (non-hydrogen) atoms. The van der Waals surface area contributed by atoms with Crippen LogP contribution in [0.2, 0.25) is 0 Å². The Hall–Kier alpha value is -3.84. The average Bonchev–Trinajstić information content (AvgIpc) is 3.78. The van der Waals surface area contributed by atoms with Gasteiger partial charge in [-0.3, -0.25) is 14.5 Å². The molecule has 2 aliphatic rings. The Morgan fingerprint density at radius 2 is 1.95 bits per heavy atom. The van der Waals surface area contributed by atoms with Crippen molar-refractivity contribution in [3.05, 3.63) is 64.0 Å². The number of piperazine rings is 1. The summed E-state index contributed by atoms with van der Waals surface area (Å²) in [6.07, 6.45) is 3.20. The second-order valence-electron chi connectivity index (χ2n) is 10.5. The molecule has 204 valence electrons. The molecular formula is C29H34FN7O2. The van der Waals surface area contributed by atoms with Crippen molar-refractivity contribution in [1.29, 1.82) is 5.26 Å². The van der Waals surface area contributed by atoms with Crippen molar-refractivity contribution >= 4 is 22.7 Å². The summed E-state index contributed by atoms with van der Waals surface area (Å²) in [6.45, 7) is 6.16. The normalized spacial score (nSPS) is 21.1. The van der Waals surface area contributed by atoms with Crippen LogP contribution in [0.5, 0.6) is 0 Å². The molecule has 0 amide bonds. The molecule has 1 saturated heterocycles. The predicted octanol–water partition coefficient (Wildman–Crippen LogP) is 3.82. The monoisotopic (exact) mass is 531 g/mol. The van der Waals surface area contributed by atoms with Gasteiger partial charge in [0.05, 0.1) is 12.6 Å². The van der Waals surface area contributed by atoms with Gasteiger partial charge in [-0.05, 0) is 61.9 Å². The Balaban J connectivity index is 1.55.